The van der Waals surface area contributed by atoms with Crippen molar-refractivity contribution in [3.63, 3.8) is 0 Å². The summed E-state index contributed by atoms with van der Waals surface area (Å²) in [6, 6.07) is 18.7. The van der Waals surface area contributed by atoms with E-state index in [9.17, 15) is 0 Å². The number of nitrogens with zero attached hydrogens (tertiary/aromatic N) is 1. The number of benzene rings is 2. The van der Waals surface area contributed by atoms with Crippen LogP contribution >= 0.6 is 24.0 Å². The van der Waals surface area contributed by atoms with E-state index in [-0.39, 0.29) is 24.0 Å². The first-order chi connectivity index (χ1) is 12.2. The third kappa shape index (κ3) is 8.67. The van der Waals surface area contributed by atoms with Gasteiger partial charge < -0.3 is 15.4 Å². The van der Waals surface area contributed by atoms with E-state index in [0.717, 1.165) is 19.0 Å². The first-order valence-corrected chi connectivity index (χ1v) is 8.81. The maximum atomic E-state index is 5.77. The van der Waals surface area contributed by atoms with Crippen LogP contribution < -0.4 is 10.6 Å². The fourth-order valence-corrected chi connectivity index (χ4v) is 2.32. The summed E-state index contributed by atoms with van der Waals surface area (Å²) in [5, 5.41) is 6.65. The maximum Gasteiger partial charge on any atom is 0.191 e. The molecule has 4 nitrogen and oxygen atoms in total. The summed E-state index contributed by atoms with van der Waals surface area (Å²) in [5.41, 5.74) is 3.60. The van der Waals surface area contributed by atoms with Gasteiger partial charge in [-0.1, -0.05) is 68.4 Å². The number of guanidine groups is 1. The van der Waals surface area contributed by atoms with Gasteiger partial charge in [0.05, 0.1) is 13.2 Å². The molecule has 0 heterocycles. The van der Waals surface area contributed by atoms with Crippen LogP contribution in [0.15, 0.2) is 59.6 Å². The SMILES string of the molecule is CN=C(NCc1ccc(COCc2ccccc2)cc1)NCC(C)C.I. The largest absolute Gasteiger partial charge is 0.372 e. The summed E-state index contributed by atoms with van der Waals surface area (Å²) in [6.45, 7) is 7.29. The number of halogens is 1. The predicted molar refractivity (Wildman–Crippen MR) is 120 cm³/mol. The van der Waals surface area contributed by atoms with Crippen LogP contribution in [0.1, 0.15) is 30.5 Å². The number of hydrogen-bond donors (Lipinski definition) is 2. The Labute approximate surface area is 174 Å². The van der Waals surface area contributed by atoms with Gasteiger partial charge >= 0.3 is 0 Å². The van der Waals surface area contributed by atoms with Gasteiger partial charge in [-0.05, 0) is 22.6 Å². The van der Waals surface area contributed by atoms with E-state index in [2.05, 4.69) is 65.9 Å². The summed E-state index contributed by atoms with van der Waals surface area (Å²) >= 11 is 0. The zero-order valence-corrected chi connectivity index (χ0v) is 18.2. The number of aliphatic imine (C=N–C) groups is 1. The van der Waals surface area contributed by atoms with Gasteiger partial charge in [0, 0.05) is 20.1 Å². The second-order valence-electron chi connectivity index (χ2n) is 6.50. The average molecular weight is 467 g/mol. The number of nitrogens with one attached hydrogen (secondary N) is 2. The molecule has 2 aromatic rings. The van der Waals surface area contributed by atoms with Gasteiger partial charge in [0.2, 0.25) is 0 Å². The summed E-state index contributed by atoms with van der Waals surface area (Å²) in [7, 11) is 1.79. The third-order valence-corrected chi connectivity index (χ3v) is 3.76. The van der Waals surface area contributed by atoms with Crippen LogP contribution in [0.3, 0.4) is 0 Å². The van der Waals surface area contributed by atoms with E-state index in [0.29, 0.717) is 19.1 Å². The van der Waals surface area contributed by atoms with Crippen molar-refractivity contribution in [1.82, 2.24) is 10.6 Å². The van der Waals surface area contributed by atoms with Gasteiger partial charge in [0.1, 0.15) is 0 Å². The Morgan fingerprint density at radius 2 is 1.46 bits per heavy atom. The molecular weight excluding hydrogens is 437 g/mol. The number of rotatable bonds is 8. The highest BCUT2D eigenvalue weighted by Gasteiger charge is 2.01. The third-order valence-electron chi connectivity index (χ3n) is 3.76. The fraction of sp³-hybridized carbons (Fsp3) is 0.381. The summed E-state index contributed by atoms with van der Waals surface area (Å²) < 4.78 is 5.77. The van der Waals surface area contributed by atoms with Crippen LogP contribution in [0.2, 0.25) is 0 Å². The van der Waals surface area contributed by atoms with Gasteiger partial charge in [-0.15, -0.1) is 24.0 Å². The lowest BCUT2D eigenvalue weighted by Crippen LogP contribution is -2.38. The highest BCUT2D eigenvalue weighted by Crippen LogP contribution is 2.08. The molecule has 0 bridgehead atoms. The zero-order chi connectivity index (χ0) is 17.9. The summed E-state index contributed by atoms with van der Waals surface area (Å²) in [4.78, 5) is 4.24. The summed E-state index contributed by atoms with van der Waals surface area (Å²) in [5.74, 6) is 1.43. The molecule has 2 N–H and O–H groups in total. The van der Waals surface area contributed by atoms with E-state index in [4.69, 9.17) is 4.74 Å². The average Bonchev–Trinajstić information content (AvgIpc) is 2.64. The van der Waals surface area contributed by atoms with Crippen molar-refractivity contribution in [1.29, 1.82) is 0 Å². The van der Waals surface area contributed by atoms with E-state index in [1.807, 2.05) is 18.2 Å². The molecule has 5 heteroatoms. The molecule has 0 saturated carbocycles. The molecule has 0 radical (unpaired) electrons. The molecule has 0 aliphatic carbocycles. The van der Waals surface area contributed by atoms with Gasteiger partial charge in [-0.25, -0.2) is 0 Å². The maximum absolute atomic E-state index is 5.77. The molecule has 0 fully saturated rings. The van der Waals surface area contributed by atoms with Crippen molar-refractivity contribution < 1.29 is 4.74 Å². The van der Waals surface area contributed by atoms with Crippen LogP contribution in [-0.4, -0.2) is 19.6 Å². The van der Waals surface area contributed by atoms with E-state index < -0.39 is 0 Å². The molecule has 0 amide bonds. The molecule has 0 aliphatic rings. The Hall–Kier alpha value is -1.60. The quantitative estimate of drug-likeness (QED) is 0.345. The normalized spacial score (nSPS) is 11.2. The molecule has 2 rings (SSSR count). The Morgan fingerprint density at radius 3 is 2.04 bits per heavy atom. The molecule has 0 aliphatic heterocycles. The fourth-order valence-electron chi connectivity index (χ4n) is 2.32. The van der Waals surface area contributed by atoms with Gasteiger partial charge in [0.25, 0.3) is 0 Å². The Balaban J connectivity index is 0.00000338. The second kappa shape index (κ2) is 12.7. The van der Waals surface area contributed by atoms with Gasteiger partial charge in [-0.3, -0.25) is 4.99 Å². The van der Waals surface area contributed by atoms with Gasteiger partial charge in [-0.2, -0.15) is 0 Å². The molecule has 0 atom stereocenters. The van der Waals surface area contributed by atoms with Crippen molar-refractivity contribution in [2.45, 2.75) is 33.6 Å². The zero-order valence-electron chi connectivity index (χ0n) is 15.9. The van der Waals surface area contributed by atoms with E-state index in [1.165, 1.54) is 16.7 Å². The highest BCUT2D eigenvalue weighted by molar-refractivity contribution is 14.0. The van der Waals surface area contributed by atoms with Crippen molar-refractivity contribution in [3.05, 3.63) is 71.3 Å². The second-order valence-corrected chi connectivity index (χ2v) is 6.50. The molecule has 0 spiro atoms. The lowest BCUT2D eigenvalue weighted by Gasteiger charge is -2.13. The molecule has 142 valence electrons. The van der Waals surface area contributed by atoms with Crippen LogP contribution in [0, 0.1) is 5.92 Å². The monoisotopic (exact) mass is 467 g/mol. The first kappa shape index (κ1) is 22.4. The van der Waals surface area contributed by atoms with Crippen molar-refractivity contribution in [2.75, 3.05) is 13.6 Å². The minimum Gasteiger partial charge on any atom is -0.372 e. The molecule has 2 aromatic carbocycles. The highest BCUT2D eigenvalue weighted by atomic mass is 127. The van der Waals surface area contributed by atoms with Crippen LogP contribution in [0.4, 0.5) is 0 Å². The predicted octanol–water partition coefficient (Wildman–Crippen LogP) is 4.34. The van der Waals surface area contributed by atoms with Crippen molar-refractivity contribution in [2.24, 2.45) is 10.9 Å². The van der Waals surface area contributed by atoms with Crippen molar-refractivity contribution in [3.8, 4) is 0 Å². The molecule has 0 unspecified atom stereocenters. The van der Waals surface area contributed by atoms with E-state index >= 15 is 0 Å². The Kier molecular flexibility index (Phi) is 11.0. The van der Waals surface area contributed by atoms with E-state index in [1.54, 1.807) is 7.05 Å². The Morgan fingerprint density at radius 1 is 0.885 bits per heavy atom. The van der Waals surface area contributed by atoms with Crippen LogP contribution in [0.5, 0.6) is 0 Å². The molecule has 0 aromatic heterocycles. The lowest BCUT2D eigenvalue weighted by atomic mass is 10.1. The first-order valence-electron chi connectivity index (χ1n) is 8.81. The summed E-state index contributed by atoms with van der Waals surface area (Å²) in [6.07, 6.45) is 0. The molecule has 26 heavy (non-hydrogen) atoms. The minimum absolute atomic E-state index is 0. The standard InChI is InChI=1S/C21H29N3O.HI/c1-17(2)13-23-21(22-3)24-14-18-9-11-20(12-10-18)16-25-15-19-7-5-4-6-8-19;/h4-12,17H,13-16H2,1-3H3,(H2,22,23,24);1H. The van der Waals surface area contributed by atoms with Gasteiger partial charge in [0.15, 0.2) is 5.96 Å². The smallest absolute Gasteiger partial charge is 0.191 e. The molecular formula is C21H30IN3O. The topological polar surface area (TPSA) is 45.7 Å². The number of ether oxygens (including phenoxy) is 1. The lowest BCUT2D eigenvalue weighted by molar-refractivity contribution is 0.107. The Bertz CT molecular complexity index is 642. The number of hydrogen-bond acceptors (Lipinski definition) is 2. The minimum atomic E-state index is 0. The molecule has 0 saturated heterocycles. The van der Waals surface area contributed by atoms with Crippen molar-refractivity contribution >= 4 is 29.9 Å². The van der Waals surface area contributed by atoms with Crippen LogP contribution in [-0.2, 0) is 24.5 Å². The van der Waals surface area contributed by atoms with Crippen LogP contribution in [0.25, 0.3) is 0 Å².